The van der Waals surface area contributed by atoms with Gasteiger partial charge in [0.25, 0.3) is 5.69 Å². The second kappa shape index (κ2) is 9.04. The van der Waals surface area contributed by atoms with E-state index in [0.717, 1.165) is 6.07 Å². The maximum atomic E-state index is 12.7. The molecule has 0 unspecified atom stereocenters. The van der Waals surface area contributed by atoms with Crippen LogP contribution in [0.25, 0.3) is 0 Å². The Kier molecular flexibility index (Phi) is 6.75. The molecule has 0 fully saturated rings. The fourth-order valence-electron chi connectivity index (χ4n) is 2.30. The fraction of sp³-hybridized carbons (Fsp3) is 0.222. The largest absolute Gasteiger partial charge is 0.426 e. The summed E-state index contributed by atoms with van der Waals surface area (Å²) in [5.41, 5.74) is -1.51. The van der Waals surface area contributed by atoms with E-state index in [4.69, 9.17) is 4.74 Å². The number of nitrogens with one attached hydrogen (secondary N) is 2. The third-order valence-corrected chi connectivity index (χ3v) is 3.57. The molecule has 2 aromatic carbocycles. The van der Waals surface area contributed by atoms with E-state index in [0.29, 0.717) is 17.8 Å². The van der Waals surface area contributed by atoms with Gasteiger partial charge < -0.3 is 15.4 Å². The van der Waals surface area contributed by atoms with E-state index >= 15 is 0 Å². The van der Waals surface area contributed by atoms with Gasteiger partial charge in [-0.05, 0) is 36.4 Å². The lowest BCUT2D eigenvalue weighted by Crippen LogP contribution is -2.15. The second-order valence-electron chi connectivity index (χ2n) is 5.84. The molecule has 0 saturated carbocycles. The van der Waals surface area contributed by atoms with Crippen molar-refractivity contribution < 1.29 is 32.4 Å². The van der Waals surface area contributed by atoms with Gasteiger partial charge in [0.05, 0.1) is 16.9 Å². The fourth-order valence-corrected chi connectivity index (χ4v) is 2.30. The Hall–Kier alpha value is -3.63. The van der Waals surface area contributed by atoms with Crippen molar-refractivity contribution in [3.63, 3.8) is 0 Å². The number of carbonyl (C=O) groups excluding carboxylic acids is 2. The van der Waals surface area contributed by atoms with Gasteiger partial charge in [-0.3, -0.25) is 19.7 Å². The maximum Gasteiger partial charge on any atom is 0.416 e. The molecule has 0 heterocycles. The van der Waals surface area contributed by atoms with E-state index in [9.17, 15) is 32.9 Å². The number of esters is 1. The number of rotatable bonds is 7. The molecule has 2 N–H and O–H groups in total. The van der Waals surface area contributed by atoms with Crippen molar-refractivity contribution in [1.82, 2.24) is 0 Å². The summed E-state index contributed by atoms with van der Waals surface area (Å²) < 4.78 is 43.1. The molecule has 0 aliphatic rings. The Balaban J connectivity index is 1.93. The first kappa shape index (κ1) is 21.7. The van der Waals surface area contributed by atoms with Crippen molar-refractivity contribution in [2.75, 3.05) is 17.2 Å². The monoisotopic (exact) mass is 411 g/mol. The van der Waals surface area contributed by atoms with E-state index < -0.39 is 28.3 Å². The molecular formula is C18H16F3N3O5. The molecule has 1 amide bonds. The van der Waals surface area contributed by atoms with Crippen LogP contribution in [0.5, 0.6) is 5.75 Å². The number of hydrogen-bond donors (Lipinski definition) is 2. The van der Waals surface area contributed by atoms with Gasteiger partial charge in [-0.15, -0.1) is 0 Å². The molecule has 8 nitrogen and oxygen atoms in total. The molecule has 29 heavy (non-hydrogen) atoms. The van der Waals surface area contributed by atoms with Crippen molar-refractivity contribution in [2.24, 2.45) is 0 Å². The summed E-state index contributed by atoms with van der Waals surface area (Å²) in [5, 5.41) is 16.1. The van der Waals surface area contributed by atoms with Crippen LogP contribution in [0.3, 0.4) is 0 Å². The molecule has 0 aliphatic heterocycles. The number of nitro benzene ring substituents is 1. The average Bonchev–Trinajstić information content (AvgIpc) is 2.62. The number of anilines is 2. The first-order valence-corrected chi connectivity index (χ1v) is 8.24. The van der Waals surface area contributed by atoms with Gasteiger partial charge in [0.15, 0.2) is 0 Å². The third kappa shape index (κ3) is 6.48. The highest BCUT2D eigenvalue weighted by molar-refractivity contribution is 5.88. The van der Waals surface area contributed by atoms with Crippen LogP contribution >= 0.6 is 0 Å². The molecule has 154 valence electrons. The van der Waals surface area contributed by atoms with Gasteiger partial charge in [-0.25, -0.2) is 0 Å². The molecule has 0 aromatic heterocycles. The van der Waals surface area contributed by atoms with Crippen LogP contribution in [0, 0.1) is 10.1 Å². The quantitative estimate of drug-likeness (QED) is 0.309. The predicted octanol–water partition coefficient (Wildman–Crippen LogP) is 3.98. The van der Waals surface area contributed by atoms with Gasteiger partial charge in [-0.2, -0.15) is 13.2 Å². The van der Waals surface area contributed by atoms with Crippen LogP contribution in [0.2, 0.25) is 0 Å². The lowest BCUT2D eigenvalue weighted by Gasteiger charge is -2.10. The van der Waals surface area contributed by atoms with E-state index in [1.165, 1.54) is 31.2 Å². The molecule has 11 heteroatoms. The van der Waals surface area contributed by atoms with Crippen LogP contribution in [-0.4, -0.2) is 23.3 Å². The lowest BCUT2D eigenvalue weighted by molar-refractivity contribution is -0.384. The molecule has 2 rings (SSSR count). The number of ether oxygens (including phenoxy) is 1. The highest BCUT2D eigenvalue weighted by atomic mass is 19.4. The van der Waals surface area contributed by atoms with Gasteiger partial charge in [0, 0.05) is 25.2 Å². The summed E-state index contributed by atoms with van der Waals surface area (Å²) in [4.78, 5) is 32.9. The van der Waals surface area contributed by atoms with Crippen LogP contribution in [-0.2, 0) is 15.8 Å². The van der Waals surface area contributed by atoms with Gasteiger partial charge in [-0.1, -0.05) is 0 Å². The molecule has 0 radical (unpaired) electrons. The zero-order valence-electron chi connectivity index (χ0n) is 15.1. The van der Waals surface area contributed by atoms with E-state index in [1.54, 1.807) is 0 Å². The van der Waals surface area contributed by atoms with Crippen molar-refractivity contribution in [3.8, 4) is 5.75 Å². The Morgan fingerprint density at radius 2 is 1.79 bits per heavy atom. The predicted molar refractivity (Wildman–Crippen MR) is 97.6 cm³/mol. The molecule has 0 atom stereocenters. The summed E-state index contributed by atoms with van der Waals surface area (Å²) >= 11 is 0. The maximum absolute atomic E-state index is 12.7. The zero-order chi connectivity index (χ0) is 21.6. The summed E-state index contributed by atoms with van der Waals surface area (Å²) in [6, 6.07) is 8.09. The average molecular weight is 411 g/mol. The van der Waals surface area contributed by atoms with E-state index in [1.807, 2.05) is 0 Å². The number of amides is 1. The molecule has 0 spiro atoms. The normalized spacial score (nSPS) is 10.9. The summed E-state index contributed by atoms with van der Waals surface area (Å²) in [7, 11) is 0. The minimum Gasteiger partial charge on any atom is -0.426 e. The second-order valence-corrected chi connectivity index (χ2v) is 5.84. The molecule has 0 aliphatic carbocycles. The number of benzene rings is 2. The molecule has 0 bridgehead atoms. The van der Waals surface area contributed by atoms with Crippen LogP contribution < -0.4 is 15.4 Å². The number of alkyl halides is 3. The topological polar surface area (TPSA) is 111 Å². The number of nitrogens with zero attached hydrogens (tertiary/aromatic N) is 1. The highest BCUT2D eigenvalue weighted by Crippen LogP contribution is 2.34. The summed E-state index contributed by atoms with van der Waals surface area (Å²) in [6.07, 6.45) is -4.89. The van der Waals surface area contributed by atoms with E-state index in [-0.39, 0.29) is 30.3 Å². The molecule has 2 aromatic rings. The Labute approximate surface area is 162 Å². The SMILES string of the molecule is CC(=O)Nc1ccc(OC(=O)CCNc2ccc(C(F)(F)F)cc2[N+](=O)[O-])cc1. The van der Waals surface area contributed by atoms with Gasteiger partial charge in [0.2, 0.25) is 5.91 Å². The molecular weight excluding hydrogens is 395 g/mol. The highest BCUT2D eigenvalue weighted by Gasteiger charge is 2.33. The first-order chi connectivity index (χ1) is 13.6. The Morgan fingerprint density at radius 1 is 1.14 bits per heavy atom. The zero-order valence-corrected chi connectivity index (χ0v) is 15.1. The van der Waals surface area contributed by atoms with Crippen molar-refractivity contribution >= 4 is 28.9 Å². The Morgan fingerprint density at radius 3 is 2.34 bits per heavy atom. The van der Waals surface area contributed by atoms with Crippen molar-refractivity contribution in [1.29, 1.82) is 0 Å². The van der Waals surface area contributed by atoms with Gasteiger partial charge >= 0.3 is 12.1 Å². The summed E-state index contributed by atoms with van der Waals surface area (Å²) in [6.45, 7) is 1.26. The first-order valence-electron chi connectivity index (χ1n) is 8.24. The van der Waals surface area contributed by atoms with Gasteiger partial charge in [0.1, 0.15) is 11.4 Å². The standard InChI is InChI=1S/C18H16F3N3O5/c1-11(25)23-13-3-5-14(6-4-13)29-17(26)8-9-22-15-7-2-12(18(19,20)21)10-16(15)24(27)28/h2-7,10,22H,8-9H2,1H3,(H,23,25). The van der Waals surface area contributed by atoms with E-state index in [2.05, 4.69) is 10.6 Å². The lowest BCUT2D eigenvalue weighted by atomic mass is 10.1. The number of nitro groups is 1. The van der Waals surface area contributed by atoms with Crippen molar-refractivity contribution in [3.05, 3.63) is 58.1 Å². The van der Waals surface area contributed by atoms with Crippen LogP contribution in [0.1, 0.15) is 18.9 Å². The number of halogens is 3. The minimum absolute atomic E-state index is 0.0883. The summed E-state index contributed by atoms with van der Waals surface area (Å²) in [5.74, 6) is -0.679. The van der Waals surface area contributed by atoms with Crippen LogP contribution in [0.15, 0.2) is 42.5 Å². The molecule has 0 saturated heterocycles. The van der Waals surface area contributed by atoms with Crippen LogP contribution in [0.4, 0.5) is 30.2 Å². The number of carbonyl (C=O) groups is 2. The Bertz CT molecular complexity index is 914. The smallest absolute Gasteiger partial charge is 0.416 e. The number of hydrogen-bond acceptors (Lipinski definition) is 6. The third-order valence-electron chi connectivity index (χ3n) is 3.57. The minimum atomic E-state index is -4.71. The van der Waals surface area contributed by atoms with Crippen molar-refractivity contribution in [2.45, 2.75) is 19.5 Å².